The van der Waals surface area contributed by atoms with E-state index >= 15 is 0 Å². The molecule has 0 radical (unpaired) electrons. The van der Waals surface area contributed by atoms with Gasteiger partial charge in [-0.05, 0) is 49.4 Å². The van der Waals surface area contributed by atoms with Crippen LogP contribution in [0, 0.1) is 6.92 Å². The van der Waals surface area contributed by atoms with Gasteiger partial charge >= 0.3 is 0 Å². The molecule has 8 heteroatoms. The molecule has 0 spiro atoms. The number of amides is 2. The predicted octanol–water partition coefficient (Wildman–Crippen LogP) is 5.24. The van der Waals surface area contributed by atoms with Gasteiger partial charge < -0.3 is 10.2 Å². The highest BCUT2D eigenvalue weighted by Crippen LogP contribution is 2.22. The molecule has 1 fully saturated rings. The van der Waals surface area contributed by atoms with Gasteiger partial charge in [0.25, 0.3) is 0 Å². The van der Waals surface area contributed by atoms with Crippen LogP contribution < -0.4 is 9.62 Å². The van der Waals surface area contributed by atoms with Gasteiger partial charge in [0.05, 0.1) is 11.9 Å². The minimum Gasteiger partial charge on any atom is -0.352 e. The highest BCUT2D eigenvalue weighted by Gasteiger charge is 2.32. The molecular formula is C33H41N3O4S. The van der Waals surface area contributed by atoms with Crippen molar-refractivity contribution in [3.8, 4) is 0 Å². The largest absolute Gasteiger partial charge is 0.352 e. The van der Waals surface area contributed by atoms with Crippen LogP contribution in [-0.2, 0) is 32.6 Å². The summed E-state index contributed by atoms with van der Waals surface area (Å²) < 4.78 is 26.4. The van der Waals surface area contributed by atoms with Gasteiger partial charge in [-0.25, -0.2) is 8.42 Å². The number of carbonyl (C=O) groups excluding carboxylic acids is 2. The standard InChI is InChI=1S/C33H41N3O4S/c1-26-13-11-16-28(23-26)25-35(32(37)21-12-22-36(41(2,39)40)30-19-7-4-8-20-30)31(24-27-14-5-3-6-15-27)33(38)34-29-17-9-10-18-29/h3-8,11,13-16,19-20,23,29,31H,9-10,12,17-18,21-22,24-25H2,1-2H3,(H,34,38). The normalized spacial score (nSPS) is 14.4. The van der Waals surface area contributed by atoms with Crippen molar-refractivity contribution >= 4 is 27.5 Å². The summed E-state index contributed by atoms with van der Waals surface area (Å²) in [4.78, 5) is 29.5. The SMILES string of the molecule is Cc1cccc(CN(C(=O)CCCN(c2ccccc2)S(C)(=O)=O)C(Cc2ccccc2)C(=O)NC2CCCC2)c1. The number of para-hydroxylation sites is 1. The lowest BCUT2D eigenvalue weighted by atomic mass is 10.0. The molecule has 1 aliphatic carbocycles. The monoisotopic (exact) mass is 575 g/mol. The smallest absolute Gasteiger partial charge is 0.243 e. The van der Waals surface area contributed by atoms with E-state index in [2.05, 4.69) is 5.32 Å². The van der Waals surface area contributed by atoms with Gasteiger partial charge in [-0.3, -0.25) is 13.9 Å². The van der Waals surface area contributed by atoms with E-state index in [1.807, 2.05) is 67.6 Å². The quantitative estimate of drug-likeness (QED) is 0.302. The van der Waals surface area contributed by atoms with E-state index in [0.29, 0.717) is 25.1 Å². The summed E-state index contributed by atoms with van der Waals surface area (Å²) in [6.45, 7) is 2.47. The van der Waals surface area contributed by atoms with E-state index in [-0.39, 0.29) is 30.8 Å². The maximum atomic E-state index is 14.0. The first kappa shape index (κ1) is 30.3. The Hall–Kier alpha value is -3.65. The van der Waals surface area contributed by atoms with Crippen LogP contribution in [0.1, 0.15) is 55.2 Å². The second kappa shape index (κ2) is 14.3. The Morgan fingerprint density at radius 3 is 2.17 bits per heavy atom. The number of nitrogens with zero attached hydrogens (tertiary/aromatic N) is 2. The van der Waals surface area contributed by atoms with E-state index in [4.69, 9.17) is 0 Å². The van der Waals surface area contributed by atoms with Gasteiger partial charge in [-0.1, -0.05) is 91.2 Å². The van der Waals surface area contributed by atoms with Crippen LogP contribution in [0.25, 0.3) is 0 Å². The fourth-order valence-electron chi connectivity index (χ4n) is 5.53. The van der Waals surface area contributed by atoms with E-state index in [1.54, 1.807) is 29.2 Å². The molecule has 0 aromatic heterocycles. The fourth-order valence-corrected chi connectivity index (χ4v) is 6.49. The zero-order valence-corrected chi connectivity index (χ0v) is 24.9. The number of hydrogen-bond donors (Lipinski definition) is 1. The van der Waals surface area contributed by atoms with Gasteiger partial charge in [-0.15, -0.1) is 0 Å². The molecule has 41 heavy (non-hydrogen) atoms. The van der Waals surface area contributed by atoms with Crippen LogP contribution in [0.3, 0.4) is 0 Å². The van der Waals surface area contributed by atoms with Gasteiger partial charge in [0.15, 0.2) is 0 Å². The molecule has 3 aromatic carbocycles. The zero-order valence-electron chi connectivity index (χ0n) is 24.0. The van der Waals surface area contributed by atoms with Crippen LogP contribution >= 0.6 is 0 Å². The summed E-state index contributed by atoms with van der Waals surface area (Å²) in [5.74, 6) is -0.306. The first-order valence-electron chi connectivity index (χ1n) is 14.4. The molecule has 2 amide bonds. The second-order valence-electron chi connectivity index (χ2n) is 11.0. The molecule has 0 heterocycles. The maximum Gasteiger partial charge on any atom is 0.243 e. The predicted molar refractivity (Wildman–Crippen MR) is 164 cm³/mol. The topological polar surface area (TPSA) is 86.8 Å². The van der Waals surface area contributed by atoms with Crippen LogP contribution in [0.5, 0.6) is 0 Å². The van der Waals surface area contributed by atoms with Gasteiger partial charge in [0.2, 0.25) is 21.8 Å². The summed E-state index contributed by atoms with van der Waals surface area (Å²) in [6.07, 6.45) is 6.12. The highest BCUT2D eigenvalue weighted by atomic mass is 32.2. The number of nitrogens with one attached hydrogen (secondary N) is 1. The van der Waals surface area contributed by atoms with Gasteiger partial charge in [-0.2, -0.15) is 0 Å². The summed E-state index contributed by atoms with van der Waals surface area (Å²) >= 11 is 0. The highest BCUT2D eigenvalue weighted by molar-refractivity contribution is 7.92. The molecule has 1 saturated carbocycles. The Labute approximate surface area is 244 Å². The van der Waals surface area contributed by atoms with Crippen LogP contribution in [-0.4, -0.2) is 50.0 Å². The van der Waals surface area contributed by atoms with E-state index in [1.165, 1.54) is 10.6 Å². The number of aryl methyl sites for hydroxylation is 1. The van der Waals surface area contributed by atoms with E-state index in [9.17, 15) is 18.0 Å². The third-order valence-corrected chi connectivity index (χ3v) is 8.80. The third-order valence-electron chi connectivity index (χ3n) is 7.60. The molecule has 1 unspecified atom stereocenters. The molecule has 218 valence electrons. The Kier molecular flexibility index (Phi) is 10.6. The Bertz CT molecular complexity index is 1390. The number of rotatable bonds is 13. The van der Waals surface area contributed by atoms with Crippen molar-refractivity contribution in [3.63, 3.8) is 0 Å². The van der Waals surface area contributed by atoms with Crippen LogP contribution in [0.15, 0.2) is 84.9 Å². The Balaban J connectivity index is 1.58. The van der Waals surface area contributed by atoms with Gasteiger partial charge in [0, 0.05) is 32.0 Å². The number of anilines is 1. The van der Waals surface area contributed by atoms with Crippen molar-refractivity contribution in [1.29, 1.82) is 0 Å². The molecule has 3 aromatic rings. The van der Waals surface area contributed by atoms with Crippen LogP contribution in [0.2, 0.25) is 0 Å². The number of benzene rings is 3. The number of sulfonamides is 1. The van der Waals surface area contributed by atoms with Crippen molar-refractivity contribution < 1.29 is 18.0 Å². The molecular weight excluding hydrogens is 534 g/mol. The molecule has 4 rings (SSSR count). The van der Waals surface area contributed by atoms with Gasteiger partial charge in [0.1, 0.15) is 6.04 Å². The first-order valence-corrected chi connectivity index (χ1v) is 16.3. The minimum absolute atomic E-state index is 0.118. The lowest BCUT2D eigenvalue weighted by Crippen LogP contribution is -2.52. The van der Waals surface area contributed by atoms with Crippen molar-refractivity contribution in [1.82, 2.24) is 10.2 Å². The van der Waals surface area contributed by atoms with E-state index < -0.39 is 16.1 Å². The third kappa shape index (κ3) is 8.92. The molecule has 1 atom stereocenters. The average Bonchev–Trinajstić information content (AvgIpc) is 3.46. The minimum atomic E-state index is -3.53. The molecule has 1 N–H and O–H groups in total. The van der Waals surface area contributed by atoms with Crippen LogP contribution in [0.4, 0.5) is 5.69 Å². The summed E-state index contributed by atoms with van der Waals surface area (Å²) in [5.41, 5.74) is 3.58. The van der Waals surface area contributed by atoms with Crippen molar-refractivity contribution in [3.05, 3.63) is 102 Å². The summed E-state index contributed by atoms with van der Waals surface area (Å²) in [5, 5.41) is 3.23. The fraction of sp³-hybridized carbons (Fsp3) is 0.394. The first-order chi connectivity index (χ1) is 19.7. The lowest BCUT2D eigenvalue weighted by Gasteiger charge is -2.33. The lowest BCUT2D eigenvalue weighted by molar-refractivity contribution is -0.141. The number of hydrogen-bond acceptors (Lipinski definition) is 4. The van der Waals surface area contributed by atoms with E-state index in [0.717, 1.165) is 42.4 Å². The average molecular weight is 576 g/mol. The Morgan fingerprint density at radius 2 is 1.54 bits per heavy atom. The van der Waals surface area contributed by atoms with Crippen molar-refractivity contribution in [2.75, 3.05) is 17.1 Å². The molecule has 1 aliphatic rings. The summed E-state index contributed by atoms with van der Waals surface area (Å²) in [7, 11) is -3.53. The Morgan fingerprint density at radius 1 is 0.902 bits per heavy atom. The van der Waals surface area contributed by atoms with Crippen molar-refractivity contribution in [2.24, 2.45) is 0 Å². The molecule has 0 saturated heterocycles. The molecule has 7 nitrogen and oxygen atoms in total. The summed E-state index contributed by atoms with van der Waals surface area (Å²) in [6, 6.07) is 26.1. The molecule has 0 bridgehead atoms. The second-order valence-corrected chi connectivity index (χ2v) is 12.9. The molecule has 0 aliphatic heterocycles. The zero-order chi connectivity index (χ0) is 29.2. The maximum absolute atomic E-state index is 14.0. The van der Waals surface area contributed by atoms with Crippen molar-refractivity contribution in [2.45, 2.75) is 70.5 Å². The number of carbonyl (C=O) groups is 2.